The lowest BCUT2D eigenvalue weighted by Crippen LogP contribution is -2.29. The predicted molar refractivity (Wildman–Crippen MR) is 188 cm³/mol. The molecule has 2 aliphatic rings. The van der Waals surface area contributed by atoms with Crippen molar-refractivity contribution in [2.75, 3.05) is 4.90 Å². The van der Waals surface area contributed by atoms with Crippen LogP contribution in [-0.4, -0.2) is 33.1 Å². The minimum atomic E-state index is -0.995. The van der Waals surface area contributed by atoms with E-state index in [1.54, 1.807) is 48.5 Å². The maximum Gasteiger partial charge on any atom is 0.301 e. The molecule has 1 N–H and O–H groups in total. The van der Waals surface area contributed by atoms with E-state index in [4.69, 9.17) is 32.7 Å². The molecular formula is C36H27Cl2N3O5S2. The first-order valence-electron chi connectivity index (χ1n) is 15.0. The topological polar surface area (TPSA) is 102 Å². The number of carbonyl (C=O) groups excluding carboxylic acids is 2. The highest BCUT2D eigenvalue weighted by Gasteiger charge is 2.48. The number of aromatic nitrogens is 2. The van der Waals surface area contributed by atoms with Crippen molar-refractivity contribution in [2.45, 2.75) is 42.2 Å². The standard InChI is InChI=1S/C36H27Cl2N3O5S2/c1-20-14-25-15-23(11-13-29(25)46-20)32(42)30-31(22-8-5-9-27(16-22)45-18-21-6-3-2-4-7-21)41(34(44)33(30)43)35-39-40-36(48-35)47-19-24-10-12-26(37)17-28(24)38/h2-13,15-17,20,31,42H,14,18-19H2,1H3. The number of amides is 1. The molecule has 2 atom stereocenters. The molecule has 2 aliphatic heterocycles. The van der Waals surface area contributed by atoms with Crippen LogP contribution in [0.25, 0.3) is 5.76 Å². The summed E-state index contributed by atoms with van der Waals surface area (Å²) in [7, 11) is 0. The molecule has 0 saturated carbocycles. The molecule has 1 fully saturated rings. The van der Waals surface area contributed by atoms with Crippen LogP contribution in [0.3, 0.4) is 0 Å². The van der Waals surface area contributed by atoms with E-state index in [-0.39, 0.29) is 22.6 Å². The van der Waals surface area contributed by atoms with Crippen LogP contribution in [0, 0.1) is 0 Å². The van der Waals surface area contributed by atoms with E-state index in [0.717, 1.165) is 22.4 Å². The molecule has 0 spiro atoms. The Morgan fingerprint density at radius 2 is 1.85 bits per heavy atom. The van der Waals surface area contributed by atoms with Gasteiger partial charge in [0, 0.05) is 27.8 Å². The number of thioether (sulfide) groups is 1. The summed E-state index contributed by atoms with van der Waals surface area (Å²) in [6, 6.07) is 26.5. The number of fused-ring (bicyclic) bond motifs is 1. The number of rotatable bonds is 9. The summed E-state index contributed by atoms with van der Waals surface area (Å²) >= 11 is 15.0. The first kappa shape index (κ1) is 32.2. The van der Waals surface area contributed by atoms with Crippen molar-refractivity contribution < 1.29 is 24.2 Å². The Hall–Kier alpha value is -4.35. The van der Waals surface area contributed by atoms with E-state index in [1.165, 1.54) is 28.0 Å². The molecule has 8 nitrogen and oxygen atoms in total. The van der Waals surface area contributed by atoms with Crippen LogP contribution in [0.5, 0.6) is 11.5 Å². The molecule has 1 aromatic heterocycles. The largest absolute Gasteiger partial charge is 0.507 e. The molecule has 3 heterocycles. The molecule has 0 bridgehead atoms. The number of aliphatic hydroxyl groups excluding tert-OH is 1. The second-order valence-corrected chi connectivity index (χ2v) is 14.4. The first-order chi connectivity index (χ1) is 23.2. The highest BCUT2D eigenvalue weighted by Crippen LogP contribution is 2.45. The second kappa shape index (κ2) is 13.6. The number of hydrogen-bond donors (Lipinski definition) is 1. The third kappa shape index (κ3) is 6.53. The Bertz CT molecular complexity index is 2070. The molecule has 48 heavy (non-hydrogen) atoms. The molecular weight excluding hydrogens is 689 g/mol. The van der Waals surface area contributed by atoms with Gasteiger partial charge >= 0.3 is 5.91 Å². The highest BCUT2D eigenvalue weighted by atomic mass is 35.5. The van der Waals surface area contributed by atoms with E-state index >= 15 is 0 Å². The van der Waals surface area contributed by atoms with Gasteiger partial charge in [0.1, 0.15) is 30.0 Å². The van der Waals surface area contributed by atoms with Gasteiger partial charge in [-0.2, -0.15) is 0 Å². The zero-order chi connectivity index (χ0) is 33.4. The molecule has 0 aliphatic carbocycles. The SMILES string of the molecule is CC1Cc2cc(C(O)=C3C(=O)C(=O)N(c4nnc(SCc5ccc(Cl)cc5Cl)s4)C3c3cccc(OCc4ccccc4)c3)ccc2O1. The summed E-state index contributed by atoms with van der Waals surface area (Å²) in [4.78, 5) is 28.9. The maximum absolute atomic E-state index is 13.8. The van der Waals surface area contributed by atoms with E-state index in [9.17, 15) is 14.7 Å². The number of aliphatic hydroxyl groups is 1. The van der Waals surface area contributed by atoms with Gasteiger partial charge < -0.3 is 14.6 Å². The highest BCUT2D eigenvalue weighted by molar-refractivity contribution is 8.00. The van der Waals surface area contributed by atoms with Crippen LogP contribution in [0.4, 0.5) is 5.13 Å². The normalized spacial score (nSPS) is 18.2. The molecule has 1 saturated heterocycles. The Kier molecular flexibility index (Phi) is 9.15. The Morgan fingerprint density at radius 1 is 1.02 bits per heavy atom. The van der Waals surface area contributed by atoms with Gasteiger partial charge in [-0.05, 0) is 71.6 Å². The smallest absolute Gasteiger partial charge is 0.301 e. The van der Waals surface area contributed by atoms with Crippen molar-refractivity contribution in [3.63, 3.8) is 0 Å². The fourth-order valence-electron chi connectivity index (χ4n) is 5.72. The summed E-state index contributed by atoms with van der Waals surface area (Å²) in [5, 5.41) is 21.7. The number of anilines is 1. The molecule has 5 aromatic rings. The molecule has 2 unspecified atom stereocenters. The van der Waals surface area contributed by atoms with Crippen molar-refractivity contribution in [3.8, 4) is 11.5 Å². The molecule has 0 radical (unpaired) electrons. The number of ether oxygens (including phenoxy) is 2. The number of ketones is 1. The molecule has 1 amide bonds. The first-order valence-corrected chi connectivity index (χ1v) is 17.6. The van der Waals surface area contributed by atoms with Crippen LogP contribution in [0.15, 0.2) is 101 Å². The summed E-state index contributed by atoms with van der Waals surface area (Å²) in [6.07, 6.45) is 0.670. The summed E-state index contributed by atoms with van der Waals surface area (Å²) in [6.45, 7) is 2.30. The van der Waals surface area contributed by atoms with Gasteiger partial charge in [0.05, 0.1) is 11.6 Å². The Balaban J connectivity index is 1.25. The van der Waals surface area contributed by atoms with Crippen molar-refractivity contribution in [2.24, 2.45) is 0 Å². The summed E-state index contributed by atoms with van der Waals surface area (Å²) in [5.41, 5.74) is 3.70. The number of benzene rings is 4. The average molecular weight is 717 g/mol. The third-order valence-corrected chi connectivity index (χ3v) is 10.7. The van der Waals surface area contributed by atoms with Gasteiger partial charge in [-0.3, -0.25) is 14.5 Å². The third-order valence-electron chi connectivity index (χ3n) is 8.00. The fourth-order valence-corrected chi connectivity index (χ4v) is 8.15. The Morgan fingerprint density at radius 3 is 2.67 bits per heavy atom. The van der Waals surface area contributed by atoms with Crippen molar-refractivity contribution in [3.05, 3.63) is 134 Å². The molecule has 7 rings (SSSR count). The monoisotopic (exact) mass is 715 g/mol. The summed E-state index contributed by atoms with van der Waals surface area (Å²) in [5.74, 6) is -0.152. The lowest BCUT2D eigenvalue weighted by molar-refractivity contribution is -0.132. The number of carbonyl (C=O) groups is 2. The molecule has 4 aromatic carbocycles. The van der Waals surface area contributed by atoms with Crippen LogP contribution in [0.2, 0.25) is 10.0 Å². The fraction of sp³-hybridized carbons (Fsp3) is 0.167. The summed E-state index contributed by atoms with van der Waals surface area (Å²) < 4.78 is 12.5. The number of nitrogens with zero attached hydrogens (tertiary/aromatic N) is 3. The van der Waals surface area contributed by atoms with Gasteiger partial charge in [-0.15, -0.1) is 10.2 Å². The zero-order valence-electron chi connectivity index (χ0n) is 25.4. The lowest BCUT2D eigenvalue weighted by atomic mass is 9.94. The second-order valence-electron chi connectivity index (χ2n) is 11.3. The van der Waals surface area contributed by atoms with E-state index in [2.05, 4.69) is 10.2 Å². The van der Waals surface area contributed by atoms with Crippen LogP contribution < -0.4 is 14.4 Å². The van der Waals surface area contributed by atoms with Crippen LogP contribution in [0.1, 0.15) is 40.8 Å². The minimum Gasteiger partial charge on any atom is -0.507 e. The van der Waals surface area contributed by atoms with E-state index in [0.29, 0.717) is 50.0 Å². The van der Waals surface area contributed by atoms with Gasteiger partial charge in [0.25, 0.3) is 5.78 Å². The minimum absolute atomic E-state index is 0.00166. The predicted octanol–water partition coefficient (Wildman–Crippen LogP) is 8.67. The molecule has 12 heteroatoms. The van der Waals surface area contributed by atoms with Gasteiger partial charge in [-0.25, -0.2) is 0 Å². The van der Waals surface area contributed by atoms with Gasteiger partial charge in [0.2, 0.25) is 5.13 Å². The average Bonchev–Trinajstić information content (AvgIpc) is 3.78. The van der Waals surface area contributed by atoms with E-state index < -0.39 is 17.7 Å². The zero-order valence-corrected chi connectivity index (χ0v) is 28.6. The number of hydrogen-bond acceptors (Lipinski definition) is 9. The number of halogens is 2. The van der Waals surface area contributed by atoms with Gasteiger partial charge in [0.15, 0.2) is 4.34 Å². The van der Waals surface area contributed by atoms with E-state index in [1.807, 2.05) is 49.4 Å². The van der Waals surface area contributed by atoms with Crippen LogP contribution in [-0.2, 0) is 28.4 Å². The quantitative estimate of drug-likeness (QED) is 0.0532. The van der Waals surface area contributed by atoms with Crippen molar-refractivity contribution in [1.29, 1.82) is 0 Å². The maximum atomic E-state index is 13.8. The van der Waals surface area contributed by atoms with Crippen LogP contribution >= 0.6 is 46.3 Å². The van der Waals surface area contributed by atoms with Gasteiger partial charge in [-0.1, -0.05) is 94.8 Å². The number of Topliss-reactive ketones (excluding diaryl/α,β-unsaturated/α-hetero) is 1. The van der Waals surface area contributed by atoms with Crippen molar-refractivity contribution >= 4 is 68.9 Å². The lowest BCUT2D eigenvalue weighted by Gasteiger charge is -2.23. The van der Waals surface area contributed by atoms with Crippen molar-refractivity contribution in [1.82, 2.24) is 10.2 Å². The Labute approximate surface area is 294 Å². The molecule has 242 valence electrons.